The Bertz CT molecular complexity index is 692. The topological polar surface area (TPSA) is 127 Å². The summed E-state index contributed by atoms with van der Waals surface area (Å²) in [5.41, 5.74) is 0.245. The first-order valence-corrected chi connectivity index (χ1v) is 6.62. The summed E-state index contributed by atoms with van der Waals surface area (Å²) in [7, 11) is 0. The van der Waals surface area contributed by atoms with Gasteiger partial charge in [-0.05, 0) is 21.4 Å². The maximum Gasteiger partial charge on any atom is 0.381 e. The fourth-order valence-electron chi connectivity index (χ4n) is 1.58. The van der Waals surface area contributed by atoms with Gasteiger partial charge in [-0.2, -0.15) is 0 Å². The van der Waals surface area contributed by atoms with E-state index in [0.717, 1.165) is 11.3 Å². The quantitative estimate of drug-likeness (QED) is 0.616. The van der Waals surface area contributed by atoms with E-state index >= 15 is 0 Å². The lowest BCUT2D eigenvalue weighted by atomic mass is 10.3. The molecule has 0 spiro atoms. The molecule has 2 aromatic rings. The molecule has 0 aromatic carbocycles. The Morgan fingerprint density at radius 1 is 1.52 bits per heavy atom. The minimum atomic E-state index is -1.11. The maximum atomic E-state index is 11.7. The molecule has 10 heteroatoms. The van der Waals surface area contributed by atoms with Crippen LogP contribution in [0.2, 0.25) is 0 Å². The van der Waals surface area contributed by atoms with E-state index in [0.29, 0.717) is 0 Å². The zero-order chi connectivity index (χ0) is 15.4. The van der Waals surface area contributed by atoms with Crippen molar-refractivity contribution in [2.75, 3.05) is 5.32 Å². The minimum Gasteiger partial charge on any atom is -0.477 e. The van der Waals surface area contributed by atoms with Gasteiger partial charge in [-0.15, -0.1) is 11.3 Å². The van der Waals surface area contributed by atoms with E-state index in [1.54, 1.807) is 5.38 Å². The third-order valence-electron chi connectivity index (χ3n) is 2.54. The summed E-state index contributed by atoms with van der Waals surface area (Å²) in [4.78, 5) is 36.1. The number of aryl methyl sites for hydroxylation is 1. The molecule has 0 saturated heterocycles. The zero-order valence-electron chi connectivity index (χ0n) is 10.6. The monoisotopic (exact) mass is 310 g/mol. The number of nitrogens with one attached hydrogen (secondary N) is 1. The Kier molecular flexibility index (Phi) is 4.28. The number of carboxylic acids is 1. The van der Waals surface area contributed by atoms with Gasteiger partial charge in [0.15, 0.2) is 0 Å². The number of anilines is 1. The molecule has 110 valence electrons. The van der Waals surface area contributed by atoms with Crippen LogP contribution in [0.3, 0.4) is 0 Å². The molecular weight excluding hydrogens is 300 g/mol. The van der Waals surface area contributed by atoms with Crippen LogP contribution in [0, 0.1) is 10.1 Å². The highest BCUT2D eigenvalue weighted by atomic mass is 32.1. The Morgan fingerprint density at radius 3 is 2.90 bits per heavy atom. The molecule has 0 atom stereocenters. The number of imidazole rings is 1. The van der Waals surface area contributed by atoms with E-state index < -0.39 is 10.9 Å². The van der Waals surface area contributed by atoms with Crippen LogP contribution in [0.1, 0.15) is 16.1 Å². The summed E-state index contributed by atoms with van der Waals surface area (Å²) in [6.45, 7) is 0.208. The van der Waals surface area contributed by atoms with Crippen molar-refractivity contribution in [3.8, 4) is 0 Å². The predicted molar refractivity (Wildman–Crippen MR) is 73.4 cm³/mol. The van der Waals surface area contributed by atoms with Gasteiger partial charge in [0, 0.05) is 13.0 Å². The normalized spacial score (nSPS) is 10.3. The van der Waals surface area contributed by atoms with Crippen LogP contribution in [-0.2, 0) is 11.3 Å². The van der Waals surface area contributed by atoms with E-state index in [-0.39, 0.29) is 35.3 Å². The highest BCUT2D eigenvalue weighted by molar-refractivity contribution is 7.12. The summed E-state index contributed by atoms with van der Waals surface area (Å²) < 4.78 is 1.42. The van der Waals surface area contributed by atoms with Gasteiger partial charge in [0.25, 0.3) is 0 Å². The van der Waals surface area contributed by atoms with Crippen molar-refractivity contribution in [1.29, 1.82) is 0 Å². The summed E-state index contributed by atoms with van der Waals surface area (Å²) in [6, 6.07) is 1.51. The molecule has 21 heavy (non-hydrogen) atoms. The second-order valence-corrected chi connectivity index (χ2v) is 4.91. The van der Waals surface area contributed by atoms with Crippen molar-refractivity contribution >= 4 is 34.7 Å². The average molecular weight is 310 g/mol. The number of nitro groups is 1. The van der Waals surface area contributed by atoms with Gasteiger partial charge in [-0.1, -0.05) is 0 Å². The number of carbonyl (C=O) groups is 2. The molecule has 0 aliphatic heterocycles. The molecule has 0 radical (unpaired) electrons. The van der Waals surface area contributed by atoms with E-state index in [1.165, 1.54) is 23.2 Å². The van der Waals surface area contributed by atoms with Crippen molar-refractivity contribution in [3.05, 3.63) is 39.0 Å². The number of nitrogens with zero attached hydrogens (tertiary/aromatic N) is 3. The van der Waals surface area contributed by atoms with E-state index in [4.69, 9.17) is 5.11 Å². The van der Waals surface area contributed by atoms with Crippen molar-refractivity contribution in [2.24, 2.45) is 0 Å². The van der Waals surface area contributed by atoms with Gasteiger partial charge in [-0.3, -0.25) is 4.79 Å². The molecule has 0 aliphatic carbocycles. The first kappa shape index (κ1) is 14.7. The largest absolute Gasteiger partial charge is 0.477 e. The summed E-state index contributed by atoms with van der Waals surface area (Å²) in [6.07, 6.45) is 2.53. The number of thiophene rings is 1. The second-order valence-electron chi connectivity index (χ2n) is 3.99. The average Bonchev–Trinajstić information content (AvgIpc) is 3.04. The van der Waals surface area contributed by atoms with Crippen molar-refractivity contribution in [3.63, 3.8) is 0 Å². The van der Waals surface area contributed by atoms with E-state index in [1.807, 2.05) is 0 Å². The third kappa shape index (κ3) is 3.63. The van der Waals surface area contributed by atoms with Crippen molar-refractivity contribution in [2.45, 2.75) is 13.0 Å². The molecule has 0 fully saturated rings. The maximum absolute atomic E-state index is 11.7. The lowest BCUT2D eigenvalue weighted by Crippen LogP contribution is -2.15. The first-order valence-electron chi connectivity index (χ1n) is 5.74. The molecule has 2 heterocycles. The smallest absolute Gasteiger partial charge is 0.381 e. The van der Waals surface area contributed by atoms with Crippen LogP contribution >= 0.6 is 11.3 Å². The number of rotatable bonds is 6. The lowest BCUT2D eigenvalue weighted by Gasteiger charge is -2.04. The molecule has 2 rings (SSSR count). The van der Waals surface area contributed by atoms with Gasteiger partial charge in [0.2, 0.25) is 12.2 Å². The second kappa shape index (κ2) is 6.13. The number of hydrogen-bond acceptors (Lipinski definition) is 6. The number of hydrogen-bond donors (Lipinski definition) is 2. The Hall–Kier alpha value is -2.75. The standard InChI is InChI=1S/C11H10N4O5S/c16-9(13-7-2-4-21-10(7)11(17)18)1-3-14-5-8(12-6-14)15(19)20/h2,4-6H,1,3H2,(H,13,16)(H,17,18). The third-order valence-corrected chi connectivity index (χ3v) is 3.44. The number of aromatic nitrogens is 2. The van der Waals surface area contributed by atoms with Crippen LogP contribution in [0.15, 0.2) is 24.0 Å². The molecular formula is C11H10N4O5S. The van der Waals surface area contributed by atoms with Crippen LogP contribution in [0.4, 0.5) is 11.5 Å². The lowest BCUT2D eigenvalue weighted by molar-refractivity contribution is -0.389. The molecule has 0 bridgehead atoms. The van der Waals surface area contributed by atoms with Gasteiger partial charge in [-0.25, -0.2) is 4.79 Å². The fourth-order valence-corrected chi connectivity index (χ4v) is 2.27. The minimum absolute atomic E-state index is 0.0441. The molecule has 9 nitrogen and oxygen atoms in total. The van der Waals surface area contributed by atoms with Crippen LogP contribution < -0.4 is 5.32 Å². The molecule has 1 amide bonds. The summed E-state index contributed by atoms with van der Waals surface area (Å²) in [5, 5.41) is 23.4. The first-order chi connectivity index (χ1) is 9.97. The zero-order valence-corrected chi connectivity index (χ0v) is 11.4. The van der Waals surface area contributed by atoms with Crippen LogP contribution in [0.25, 0.3) is 0 Å². The molecule has 0 aliphatic rings. The van der Waals surface area contributed by atoms with E-state index in [2.05, 4.69) is 10.3 Å². The molecule has 0 unspecified atom stereocenters. The SMILES string of the molecule is O=C(CCn1cnc([N+](=O)[O-])c1)Nc1ccsc1C(=O)O. The van der Waals surface area contributed by atoms with Crippen molar-refractivity contribution < 1.29 is 19.6 Å². The van der Waals surface area contributed by atoms with Crippen LogP contribution in [-0.4, -0.2) is 31.5 Å². The molecule has 2 N–H and O–H groups in total. The fraction of sp³-hybridized carbons (Fsp3) is 0.182. The Morgan fingerprint density at radius 2 is 2.29 bits per heavy atom. The van der Waals surface area contributed by atoms with Gasteiger partial charge < -0.3 is 25.1 Å². The number of carboxylic acid groups (broad SMARTS) is 1. The van der Waals surface area contributed by atoms with Gasteiger partial charge in [0.1, 0.15) is 11.1 Å². The Balaban J connectivity index is 1.91. The summed E-state index contributed by atoms with van der Waals surface area (Å²) >= 11 is 1.02. The molecule has 0 saturated carbocycles. The Labute approximate surface area is 122 Å². The van der Waals surface area contributed by atoms with Crippen molar-refractivity contribution in [1.82, 2.24) is 9.55 Å². The highest BCUT2D eigenvalue weighted by Crippen LogP contribution is 2.22. The highest BCUT2D eigenvalue weighted by Gasteiger charge is 2.15. The number of aromatic carboxylic acids is 1. The van der Waals surface area contributed by atoms with Gasteiger partial charge in [0.05, 0.1) is 5.69 Å². The number of carbonyl (C=O) groups excluding carboxylic acids is 1. The number of amides is 1. The molecule has 2 aromatic heterocycles. The predicted octanol–water partition coefficient (Wildman–Crippen LogP) is 1.58. The van der Waals surface area contributed by atoms with Gasteiger partial charge >= 0.3 is 11.8 Å². The summed E-state index contributed by atoms with van der Waals surface area (Å²) in [5.74, 6) is -1.78. The van der Waals surface area contributed by atoms with Crippen LogP contribution in [0.5, 0.6) is 0 Å². The van der Waals surface area contributed by atoms with E-state index in [9.17, 15) is 19.7 Å².